The van der Waals surface area contributed by atoms with Crippen LogP contribution in [0.15, 0.2) is 36.4 Å². The molecule has 0 fully saturated rings. The molecule has 5 nitrogen and oxygen atoms in total. The van der Waals surface area contributed by atoms with E-state index in [4.69, 9.17) is 27.2 Å². The van der Waals surface area contributed by atoms with Crippen LogP contribution in [-0.4, -0.2) is 16.9 Å². The summed E-state index contributed by atoms with van der Waals surface area (Å²) in [5, 5.41) is 9.28. The van der Waals surface area contributed by atoms with Crippen molar-refractivity contribution < 1.29 is 19.4 Å². The molecule has 0 aliphatic rings. The Bertz CT molecular complexity index is 804. The van der Waals surface area contributed by atoms with Crippen LogP contribution >= 0.6 is 11.6 Å². The number of Topliss-reactive ketones (excluding diaryl/α,β-unsaturated/α-hetero) is 1. The summed E-state index contributed by atoms with van der Waals surface area (Å²) in [6, 6.07) is 9.68. The summed E-state index contributed by atoms with van der Waals surface area (Å²) >= 11 is 6.02. The molecule has 2 aromatic carbocycles. The van der Waals surface area contributed by atoms with Gasteiger partial charge in [0.15, 0.2) is 5.78 Å². The van der Waals surface area contributed by atoms with E-state index in [0.29, 0.717) is 39.8 Å². The minimum Gasteiger partial charge on any atom is -0.481 e. The summed E-state index contributed by atoms with van der Waals surface area (Å²) in [6.45, 7) is 2.09. The van der Waals surface area contributed by atoms with Crippen molar-refractivity contribution in [2.24, 2.45) is 0 Å². The zero-order valence-corrected chi connectivity index (χ0v) is 15.4. The topological polar surface area (TPSA) is 89.6 Å². The van der Waals surface area contributed by atoms with Gasteiger partial charge in [-0.1, -0.05) is 31.4 Å². The molecule has 0 aliphatic carbocycles. The first kappa shape index (κ1) is 19.8. The number of unbranched alkanes of at least 4 members (excludes halogenated alkanes) is 2. The molecule has 0 saturated carbocycles. The van der Waals surface area contributed by atoms with E-state index in [1.165, 1.54) is 0 Å². The van der Waals surface area contributed by atoms with Gasteiger partial charge in [-0.3, -0.25) is 9.59 Å². The lowest BCUT2D eigenvalue weighted by Gasteiger charge is -2.11. The van der Waals surface area contributed by atoms with Crippen LogP contribution in [0.2, 0.25) is 5.02 Å². The van der Waals surface area contributed by atoms with Crippen LogP contribution in [0.25, 0.3) is 0 Å². The lowest BCUT2D eigenvalue weighted by molar-refractivity contribution is -0.136. The maximum atomic E-state index is 12.2. The number of hydrogen-bond donors (Lipinski definition) is 2. The summed E-state index contributed by atoms with van der Waals surface area (Å²) in [5.74, 6) is -0.118. The van der Waals surface area contributed by atoms with Crippen LogP contribution in [0.5, 0.6) is 11.5 Å². The van der Waals surface area contributed by atoms with E-state index < -0.39 is 5.97 Å². The molecule has 0 heterocycles. The lowest BCUT2D eigenvalue weighted by Crippen LogP contribution is -2.02. The maximum Gasteiger partial charge on any atom is 0.307 e. The molecule has 6 heteroatoms. The van der Waals surface area contributed by atoms with Crippen molar-refractivity contribution in [2.75, 3.05) is 5.73 Å². The maximum absolute atomic E-state index is 12.2. The Labute approximate surface area is 157 Å². The summed E-state index contributed by atoms with van der Waals surface area (Å²) in [5.41, 5.74) is 7.44. The number of rotatable bonds is 9. The largest absolute Gasteiger partial charge is 0.481 e. The third kappa shape index (κ3) is 5.77. The molecule has 2 aromatic rings. The number of carbonyl (C=O) groups is 2. The molecule has 0 unspecified atom stereocenters. The van der Waals surface area contributed by atoms with Gasteiger partial charge in [-0.2, -0.15) is 0 Å². The number of carboxylic acids is 1. The van der Waals surface area contributed by atoms with Crippen molar-refractivity contribution in [1.82, 2.24) is 0 Å². The molecule has 0 bridgehead atoms. The highest BCUT2D eigenvalue weighted by atomic mass is 35.5. The molecule has 2 rings (SSSR count). The average molecular weight is 376 g/mol. The van der Waals surface area contributed by atoms with E-state index in [-0.39, 0.29) is 12.2 Å². The average Bonchev–Trinajstić information content (AvgIpc) is 2.55. The van der Waals surface area contributed by atoms with Gasteiger partial charge in [0.05, 0.1) is 12.1 Å². The van der Waals surface area contributed by atoms with Crippen LogP contribution < -0.4 is 10.5 Å². The molecule has 26 heavy (non-hydrogen) atoms. The fourth-order valence-corrected chi connectivity index (χ4v) is 2.83. The lowest BCUT2D eigenvalue weighted by atomic mass is 10.0. The van der Waals surface area contributed by atoms with Crippen LogP contribution in [0.1, 0.15) is 48.5 Å². The zero-order valence-electron chi connectivity index (χ0n) is 14.6. The fraction of sp³-hybridized carbons (Fsp3) is 0.300. The molecule has 0 spiro atoms. The summed E-state index contributed by atoms with van der Waals surface area (Å²) in [7, 11) is 0. The monoisotopic (exact) mass is 375 g/mol. The first-order chi connectivity index (χ1) is 12.4. The molecular formula is C20H22ClNO4. The van der Waals surface area contributed by atoms with Gasteiger partial charge in [0.1, 0.15) is 11.5 Å². The van der Waals surface area contributed by atoms with E-state index in [2.05, 4.69) is 6.92 Å². The number of carbonyl (C=O) groups excluding carboxylic acids is 1. The fourth-order valence-electron chi connectivity index (χ4n) is 2.58. The first-order valence-electron chi connectivity index (χ1n) is 8.51. The standard InChI is InChI=1S/C20H22ClNO4/c1-2-3-4-5-18(23)14-6-7-19(17(22)11-14)26-16-9-13(10-20(24)25)8-15(21)12-16/h6-9,11-12H,2-5,10,22H2,1H3,(H,24,25). The number of ether oxygens (including phenoxy) is 1. The normalized spacial score (nSPS) is 10.5. The quantitative estimate of drug-likeness (QED) is 0.361. The third-order valence-corrected chi connectivity index (χ3v) is 4.07. The molecular weight excluding hydrogens is 354 g/mol. The van der Waals surface area contributed by atoms with Gasteiger partial charge in [-0.15, -0.1) is 0 Å². The number of ketones is 1. The minimum absolute atomic E-state index is 0.0585. The Morgan fingerprint density at radius 1 is 1.15 bits per heavy atom. The Hall–Kier alpha value is -2.53. The van der Waals surface area contributed by atoms with Crippen molar-refractivity contribution in [2.45, 2.75) is 39.0 Å². The zero-order chi connectivity index (χ0) is 19.1. The second-order valence-electron chi connectivity index (χ2n) is 6.10. The Kier molecular flexibility index (Phi) is 7.04. The van der Waals surface area contributed by atoms with E-state index in [0.717, 1.165) is 19.3 Å². The summed E-state index contributed by atoms with van der Waals surface area (Å²) in [6.07, 6.45) is 3.29. The number of anilines is 1. The number of benzene rings is 2. The van der Waals surface area contributed by atoms with E-state index >= 15 is 0 Å². The van der Waals surface area contributed by atoms with E-state index in [9.17, 15) is 9.59 Å². The second-order valence-corrected chi connectivity index (χ2v) is 6.54. The van der Waals surface area contributed by atoms with Crippen LogP contribution in [-0.2, 0) is 11.2 Å². The van der Waals surface area contributed by atoms with Gasteiger partial charge in [-0.05, 0) is 48.4 Å². The highest BCUT2D eigenvalue weighted by Crippen LogP contribution is 2.31. The highest BCUT2D eigenvalue weighted by Gasteiger charge is 2.11. The van der Waals surface area contributed by atoms with Crippen molar-refractivity contribution in [1.29, 1.82) is 0 Å². The number of carboxylic acid groups (broad SMARTS) is 1. The van der Waals surface area contributed by atoms with E-state index in [1.807, 2.05) is 0 Å². The Balaban J connectivity index is 2.14. The van der Waals surface area contributed by atoms with Crippen molar-refractivity contribution in [3.63, 3.8) is 0 Å². The van der Waals surface area contributed by atoms with Gasteiger partial charge in [0, 0.05) is 17.0 Å². The molecule has 0 amide bonds. The summed E-state index contributed by atoms with van der Waals surface area (Å²) < 4.78 is 5.73. The third-order valence-electron chi connectivity index (χ3n) is 3.85. The van der Waals surface area contributed by atoms with Gasteiger partial charge in [-0.25, -0.2) is 0 Å². The molecule has 0 aromatic heterocycles. The van der Waals surface area contributed by atoms with Crippen LogP contribution in [0.4, 0.5) is 5.69 Å². The predicted octanol–water partition coefficient (Wildman–Crippen LogP) is 5.10. The first-order valence-corrected chi connectivity index (χ1v) is 8.88. The molecule has 0 radical (unpaired) electrons. The number of nitrogens with two attached hydrogens (primary N) is 1. The molecule has 138 valence electrons. The van der Waals surface area contributed by atoms with Gasteiger partial charge >= 0.3 is 5.97 Å². The number of nitrogen functional groups attached to an aromatic ring is 1. The number of hydrogen-bond acceptors (Lipinski definition) is 4. The molecule has 0 aliphatic heterocycles. The molecule has 0 atom stereocenters. The minimum atomic E-state index is -0.955. The predicted molar refractivity (Wildman–Crippen MR) is 102 cm³/mol. The smallest absolute Gasteiger partial charge is 0.307 e. The van der Waals surface area contributed by atoms with Crippen molar-refractivity contribution in [3.8, 4) is 11.5 Å². The SMILES string of the molecule is CCCCCC(=O)c1ccc(Oc2cc(Cl)cc(CC(=O)O)c2)c(N)c1. The van der Waals surface area contributed by atoms with Crippen molar-refractivity contribution in [3.05, 3.63) is 52.5 Å². The van der Waals surface area contributed by atoms with Gasteiger partial charge < -0.3 is 15.6 Å². The van der Waals surface area contributed by atoms with E-state index in [1.54, 1.807) is 36.4 Å². The van der Waals surface area contributed by atoms with Crippen LogP contribution in [0.3, 0.4) is 0 Å². The Morgan fingerprint density at radius 2 is 1.92 bits per heavy atom. The highest BCUT2D eigenvalue weighted by molar-refractivity contribution is 6.30. The number of halogens is 1. The van der Waals surface area contributed by atoms with Gasteiger partial charge in [0.25, 0.3) is 0 Å². The number of aliphatic carboxylic acids is 1. The Morgan fingerprint density at radius 3 is 2.58 bits per heavy atom. The van der Waals surface area contributed by atoms with Crippen LogP contribution in [0, 0.1) is 0 Å². The van der Waals surface area contributed by atoms with Gasteiger partial charge in [0.2, 0.25) is 0 Å². The van der Waals surface area contributed by atoms with Crippen molar-refractivity contribution >= 4 is 29.0 Å². The molecule has 3 N–H and O–H groups in total. The summed E-state index contributed by atoms with van der Waals surface area (Å²) in [4.78, 5) is 23.0. The second kappa shape index (κ2) is 9.25. The molecule has 0 saturated heterocycles.